The number of hydrogen-bond acceptors (Lipinski definition) is 2. The van der Waals surface area contributed by atoms with E-state index < -0.39 is 0 Å². The van der Waals surface area contributed by atoms with Gasteiger partial charge >= 0.3 is 0 Å². The first kappa shape index (κ1) is 12.2. The summed E-state index contributed by atoms with van der Waals surface area (Å²) < 4.78 is 5.15. The van der Waals surface area contributed by atoms with E-state index in [9.17, 15) is 0 Å². The second-order valence-electron chi connectivity index (χ2n) is 2.43. The number of ether oxygens (including phenoxy) is 1. The summed E-state index contributed by atoms with van der Waals surface area (Å²) in [6.45, 7) is 4.93. The Hall–Kier alpha value is 0.240. The van der Waals surface area contributed by atoms with E-state index in [0.717, 1.165) is 18.7 Å². The molecule has 0 bridgehead atoms. The summed E-state index contributed by atoms with van der Waals surface area (Å²) in [5, 5.41) is 3.17. The van der Waals surface area contributed by atoms with Crippen LogP contribution in [0.1, 0.15) is 6.92 Å². The predicted molar refractivity (Wildman–Crippen MR) is 54.0 cm³/mol. The molecule has 0 amide bonds. The first-order chi connectivity index (χ1) is 5.81. The molecule has 0 saturated heterocycles. The quantitative estimate of drug-likeness (QED) is 0.514. The lowest BCUT2D eigenvalue weighted by Gasteiger charge is -2.04. The highest BCUT2D eigenvalue weighted by atomic mass is 35.5. The smallest absolute Gasteiger partial charge is 0.0602 e. The van der Waals surface area contributed by atoms with Gasteiger partial charge < -0.3 is 10.1 Å². The van der Waals surface area contributed by atoms with Crippen LogP contribution in [0.5, 0.6) is 0 Å². The molecule has 0 aromatic heterocycles. The minimum absolute atomic E-state index is 0.556. The third kappa shape index (κ3) is 8.34. The summed E-state index contributed by atoms with van der Waals surface area (Å²) in [4.78, 5) is 0. The van der Waals surface area contributed by atoms with E-state index in [1.165, 1.54) is 0 Å². The third-order valence-corrected chi connectivity index (χ3v) is 1.76. The third-order valence-electron chi connectivity index (χ3n) is 1.23. The summed E-state index contributed by atoms with van der Waals surface area (Å²) in [6.07, 6.45) is 0. The fourth-order valence-corrected chi connectivity index (χ4v) is 0.811. The lowest BCUT2D eigenvalue weighted by atomic mass is 10.3. The lowest BCUT2D eigenvalue weighted by Crippen LogP contribution is -2.21. The molecule has 4 heteroatoms. The van der Waals surface area contributed by atoms with Gasteiger partial charge in [-0.1, -0.05) is 11.6 Å². The van der Waals surface area contributed by atoms with Crippen molar-refractivity contribution < 1.29 is 4.74 Å². The van der Waals surface area contributed by atoms with E-state index in [2.05, 4.69) is 5.32 Å². The standard InChI is InChI=1S/C8H15Cl2NO/c1-8(6-10)7-11-3-5-12-4-2-9/h6,11H,2-5,7H2,1H3. The Labute approximate surface area is 83.9 Å². The largest absolute Gasteiger partial charge is 0.379 e. The highest BCUT2D eigenvalue weighted by Crippen LogP contribution is 1.91. The van der Waals surface area contributed by atoms with Crippen LogP contribution >= 0.6 is 23.2 Å². The Morgan fingerprint density at radius 3 is 2.83 bits per heavy atom. The molecule has 0 saturated carbocycles. The SMILES string of the molecule is CC(=CCl)CNCCOCCCl. The summed E-state index contributed by atoms with van der Waals surface area (Å²) >= 11 is 10.9. The Kier molecular flexibility index (Phi) is 9.52. The first-order valence-electron chi connectivity index (χ1n) is 3.91. The molecule has 0 unspecified atom stereocenters. The topological polar surface area (TPSA) is 21.3 Å². The van der Waals surface area contributed by atoms with Crippen molar-refractivity contribution >= 4 is 23.2 Å². The average molecular weight is 212 g/mol. The Morgan fingerprint density at radius 2 is 2.25 bits per heavy atom. The maximum absolute atomic E-state index is 5.46. The van der Waals surface area contributed by atoms with E-state index in [0.29, 0.717) is 19.1 Å². The van der Waals surface area contributed by atoms with Crippen LogP contribution in [-0.4, -0.2) is 32.2 Å². The average Bonchev–Trinajstić information content (AvgIpc) is 2.10. The zero-order chi connectivity index (χ0) is 9.23. The van der Waals surface area contributed by atoms with Gasteiger partial charge in [-0.3, -0.25) is 0 Å². The van der Waals surface area contributed by atoms with Crippen molar-refractivity contribution in [2.24, 2.45) is 0 Å². The first-order valence-corrected chi connectivity index (χ1v) is 4.88. The normalized spacial score (nSPS) is 12.1. The molecule has 0 atom stereocenters. The lowest BCUT2D eigenvalue weighted by molar-refractivity contribution is 0.151. The molecule has 0 rings (SSSR count). The van der Waals surface area contributed by atoms with Gasteiger partial charge in [-0.05, 0) is 12.5 Å². The zero-order valence-electron chi connectivity index (χ0n) is 7.28. The van der Waals surface area contributed by atoms with Crippen LogP contribution in [0.15, 0.2) is 11.1 Å². The van der Waals surface area contributed by atoms with Crippen LogP contribution in [0.4, 0.5) is 0 Å². The number of alkyl halides is 1. The van der Waals surface area contributed by atoms with Gasteiger partial charge in [-0.15, -0.1) is 11.6 Å². The van der Waals surface area contributed by atoms with Gasteiger partial charge in [0.15, 0.2) is 0 Å². The molecule has 0 aliphatic rings. The fraction of sp³-hybridized carbons (Fsp3) is 0.750. The number of halogens is 2. The van der Waals surface area contributed by atoms with Gasteiger partial charge in [0.05, 0.1) is 13.2 Å². The van der Waals surface area contributed by atoms with Crippen LogP contribution in [0.2, 0.25) is 0 Å². The van der Waals surface area contributed by atoms with Crippen molar-refractivity contribution in [3.8, 4) is 0 Å². The van der Waals surface area contributed by atoms with Crippen LogP contribution in [0, 0.1) is 0 Å². The van der Waals surface area contributed by atoms with Gasteiger partial charge in [-0.25, -0.2) is 0 Å². The van der Waals surface area contributed by atoms with E-state index in [1.807, 2.05) is 6.92 Å². The van der Waals surface area contributed by atoms with Crippen molar-refractivity contribution in [3.05, 3.63) is 11.1 Å². The molecule has 0 fully saturated rings. The number of rotatable bonds is 7. The van der Waals surface area contributed by atoms with E-state index >= 15 is 0 Å². The minimum atomic E-state index is 0.556. The fourth-order valence-electron chi connectivity index (χ4n) is 0.625. The van der Waals surface area contributed by atoms with Gasteiger partial charge in [0.1, 0.15) is 0 Å². The zero-order valence-corrected chi connectivity index (χ0v) is 8.79. The van der Waals surface area contributed by atoms with E-state index in [1.54, 1.807) is 5.54 Å². The second-order valence-corrected chi connectivity index (χ2v) is 3.03. The Balaban J connectivity index is 3.00. The summed E-state index contributed by atoms with van der Waals surface area (Å²) in [6, 6.07) is 0. The molecule has 1 N–H and O–H groups in total. The van der Waals surface area contributed by atoms with Crippen molar-refractivity contribution in [3.63, 3.8) is 0 Å². The maximum atomic E-state index is 5.46. The van der Waals surface area contributed by atoms with Crippen LogP contribution in [-0.2, 0) is 4.74 Å². The van der Waals surface area contributed by atoms with Crippen molar-refractivity contribution in [2.45, 2.75) is 6.92 Å². The summed E-state index contributed by atoms with van der Waals surface area (Å²) in [5.41, 5.74) is 2.70. The molecule has 0 aliphatic heterocycles. The Bertz CT molecular complexity index is 128. The van der Waals surface area contributed by atoms with Crippen molar-refractivity contribution in [1.29, 1.82) is 0 Å². The molecule has 12 heavy (non-hydrogen) atoms. The van der Waals surface area contributed by atoms with E-state index in [4.69, 9.17) is 27.9 Å². The molecular weight excluding hydrogens is 197 g/mol. The predicted octanol–water partition coefficient (Wildman–Crippen LogP) is 1.97. The monoisotopic (exact) mass is 211 g/mol. The van der Waals surface area contributed by atoms with Gasteiger partial charge in [0, 0.05) is 24.5 Å². The Morgan fingerprint density at radius 1 is 1.50 bits per heavy atom. The van der Waals surface area contributed by atoms with Crippen molar-refractivity contribution in [1.82, 2.24) is 5.32 Å². The molecule has 0 radical (unpaired) electrons. The van der Waals surface area contributed by atoms with E-state index in [-0.39, 0.29) is 0 Å². The summed E-state index contributed by atoms with van der Waals surface area (Å²) in [5.74, 6) is 0.556. The van der Waals surface area contributed by atoms with Crippen molar-refractivity contribution in [2.75, 3.05) is 32.2 Å². The van der Waals surface area contributed by atoms with Gasteiger partial charge in [-0.2, -0.15) is 0 Å². The molecule has 0 aromatic carbocycles. The molecule has 0 spiro atoms. The molecule has 72 valence electrons. The second kappa shape index (κ2) is 9.33. The maximum Gasteiger partial charge on any atom is 0.0602 e. The molecule has 0 aliphatic carbocycles. The van der Waals surface area contributed by atoms with Gasteiger partial charge in [0.2, 0.25) is 0 Å². The highest BCUT2D eigenvalue weighted by Gasteiger charge is 1.89. The molecule has 0 heterocycles. The molecule has 0 aromatic rings. The molecular formula is C8H15Cl2NO. The summed E-state index contributed by atoms with van der Waals surface area (Å²) in [7, 11) is 0. The van der Waals surface area contributed by atoms with Crippen LogP contribution in [0.3, 0.4) is 0 Å². The number of nitrogens with one attached hydrogen (secondary N) is 1. The molecule has 2 nitrogen and oxygen atoms in total. The highest BCUT2D eigenvalue weighted by molar-refractivity contribution is 6.25. The van der Waals surface area contributed by atoms with Crippen LogP contribution < -0.4 is 5.32 Å². The minimum Gasteiger partial charge on any atom is -0.379 e. The number of hydrogen-bond donors (Lipinski definition) is 1. The van der Waals surface area contributed by atoms with Gasteiger partial charge in [0.25, 0.3) is 0 Å². The van der Waals surface area contributed by atoms with Crippen LogP contribution in [0.25, 0.3) is 0 Å².